The molecular weight excluding hydrogens is 677 g/mol. The smallest absolute Gasteiger partial charge is 0.0160 e. The van der Waals surface area contributed by atoms with E-state index in [0.29, 0.717) is 5.41 Å². The van der Waals surface area contributed by atoms with Crippen LogP contribution in [0.2, 0.25) is 0 Å². The Balaban J connectivity index is 0.000000196. The van der Waals surface area contributed by atoms with Crippen LogP contribution in [0, 0.1) is 18.1 Å². The minimum Gasteiger partial charge on any atom is -0.305 e. The van der Waals surface area contributed by atoms with Gasteiger partial charge in [-0.3, -0.25) is 0 Å². The molecule has 0 unspecified atom stereocenters. The van der Waals surface area contributed by atoms with E-state index in [-0.39, 0.29) is 25.5 Å². The number of nitrogens with zero attached hydrogens (tertiary/aromatic N) is 2. The van der Waals surface area contributed by atoms with Crippen LogP contribution in [0.4, 0.5) is 0 Å². The maximum absolute atomic E-state index is 4.66. The van der Waals surface area contributed by atoms with Crippen molar-refractivity contribution in [1.29, 1.82) is 0 Å². The van der Waals surface area contributed by atoms with Crippen LogP contribution in [0.15, 0.2) is 103 Å². The first-order valence-electron chi connectivity index (χ1n) is 14.6. The van der Waals surface area contributed by atoms with Crippen LogP contribution in [0.3, 0.4) is 0 Å². The van der Waals surface area contributed by atoms with Crippen LogP contribution in [0.5, 0.6) is 0 Å². The van der Waals surface area contributed by atoms with Gasteiger partial charge in [0.15, 0.2) is 0 Å². The Kier molecular flexibility index (Phi) is 7.53. The second kappa shape index (κ2) is 11.1. The zero-order chi connectivity index (χ0) is 27.2. The third-order valence-corrected chi connectivity index (χ3v) is 9.49. The van der Waals surface area contributed by atoms with E-state index in [4.69, 9.17) is 0 Å². The molecule has 8 rings (SSSR count). The minimum absolute atomic E-state index is 0. The predicted octanol–water partition coefficient (Wildman–Crippen LogP) is 9.23. The van der Waals surface area contributed by atoms with Crippen LogP contribution in [-0.2, 0) is 30.9 Å². The van der Waals surface area contributed by atoms with Crippen molar-refractivity contribution < 1.29 is 20.1 Å². The predicted molar refractivity (Wildman–Crippen MR) is 163 cm³/mol. The van der Waals surface area contributed by atoms with E-state index in [0.717, 1.165) is 22.9 Å². The average molecular weight is 711 g/mol. The molecule has 5 aromatic rings. The molecule has 2 heterocycles. The molecule has 0 saturated heterocycles. The summed E-state index contributed by atoms with van der Waals surface area (Å²) in [5.41, 5.74) is 12.0. The van der Waals surface area contributed by atoms with Gasteiger partial charge < -0.3 is 9.97 Å². The van der Waals surface area contributed by atoms with E-state index in [1.54, 1.807) is 17.3 Å². The Morgan fingerprint density at radius 2 is 1.39 bits per heavy atom. The molecule has 2 nitrogen and oxygen atoms in total. The number of hydrogen-bond donors (Lipinski definition) is 0. The van der Waals surface area contributed by atoms with Gasteiger partial charge in [-0.25, -0.2) is 0 Å². The van der Waals surface area contributed by atoms with Gasteiger partial charge in [0, 0.05) is 32.5 Å². The molecule has 0 atom stereocenters. The monoisotopic (exact) mass is 711 g/mol. The maximum atomic E-state index is 4.66. The summed E-state index contributed by atoms with van der Waals surface area (Å²) in [5.74, 6) is 0.958. The summed E-state index contributed by atoms with van der Waals surface area (Å²) >= 11 is 0. The number of benzene rings is 3. The molecule has 2 saturated carbocycles. The third-order valence-electron chi connectivity index (χ3n) is 9.49. The number of hydrogen-bond acceptors (Lipinski definition) is 2. The minimum atomic E-state index is -0.0265. The van der Waals surface area contributed by atoms with E-state index in [1.165, 1.54) is 54.4 Å². The Labute approximate surface area is 257 Å². The molecule has 207 valence electrons. The summed E-state index contributed by atoms with van der Waals surface area (Å²) in [7, 11) is 0. The average Bonchev–Trinajstić information content (AvgIpc) is 3.71. The first-order valence-corrected chi connectivity index (χ1v) is 14.6. The number of pyridine rings is 2. The summed E-state index contributed by atoms with van der Waals surface area (Å²) in [5, 5.41) is 0. The fraction of sp³-hybridized carbons (Fsp3) is 0.263. The van der Waals surface area contributed by atoms with Gasteiger partial charge in [-0.05, 0) is 89.1 Å². The second-order valence-corrected chi connectivity index (χ2v) is 12.1. The summed E-state index contributed by atoms with van der Waals surface area (Å²) in [4.78, 5) is 8.88. The van der Waals surface area contributed by atoms with E-state index >= 15 is 0 Å². The Bertz CT molecular complexity index is 1600. The van der Waals surface area contributed by atoms with Gasteiger partial charge in [0.1, 0.15) is 0 Å². The molecule has 3 aliphatic rings. The summed E-state index contributed by atoms with van der Waals surface area (Å²) in [6.45, 7) is 4.83. The fourth-order valence-electron chi connectivity index (χ4n) is 7.75. The van der Waals surface area contributed by atoms with Crippen LogP contribution >= 0.6 is 0 Å². The van der Waals surface area contributed by atoms with E-state index < -0.39 is 0 Å². The summed E-state index contributed by atoms with van der Waals surface area (Å²) in [6, 6.07) is 38.0. The summed E-state index contributed by atoms with van der Waals surface area (Å²) in [6.07, 6.45) is 10.7. The van der Waals surface area contributed by atoms with Crippen molar-refractivity contribution in [1.82, 2.24) is 9.97 Å². The molecule has 3 aromatic carbocycles. The molecule has 0 amide bonds. The van der Waals surface area contributed by atoms with Gasteiger partial charge in [0.25, 0.3) is 0 Å². The molecule has 2 bridgehead atoms. The zero-order valence-corrected chi connectivity index (χ0v) is 26.1. The molecule has 0 aliphatic heterocycles. The van der Waals surface area contributed by atoms with Crippen LogP contribution < -0.4 is 0 Å². The van der Waals surface area contributed by atoms with Crippen molar-refractivity contribution in [3.63, 3.8) is 0 Å². The van der Waals surface area contributed by atoms with Crippen molar-refractivity contribution >= 4 is 0 Å². The third kappa shape index (κ3) is 4.80. The normalized spacial score (nSPS) is 20.8. The van der Waals surface area contributed by atoms with Crippen molar-refractivity contribution in [3.8, 4) is 33.6 Å². The van der Waals surface area contributed by atoms with Gasteiger partial charge >= 0.3 is 0 Å². The maximum Gasteiger partial charge on any atom is 0.0160 e. The molecule has 3 heteroatoms. The van der Waals surface area contributed by atoms with Crippen molar-refractivity contribution in [2.24, 2.45) is 5.92 Å². The quantitative estimate of drug-likeness (QED) is 0.175. The Morgan fingerprint density at radius 3 is 2.02 bits per heavy atom. The van der Waals surface area contributed by atoms with Crippen molar-refractivity contribution in [2.75, 3.05) is 0 Å². The van der Waals surface area contributed by atoms with Crippen LogP contribution in [0.1, 0.15) is 62.6 Å². The second-order valence-electron chi connectivity index (χ2n) is 12.1. The topological polar surface area (TPSA) is 25.8 Å². The summed E-state index contributed by atoms with van der Waals surface area (Å²) < 4.78 is 0. The molecule has 0 N–H and O–H groups in total. The molecule has 1 radical (unpaired) electrons. The Hall–Kier alpha value is -3.39. The molecule has 2 fully saturated rings. The first-order chi connectivity index (χ1) is 19.6. The number of aromatic nitrogens is 2. The van der Waals surface area contributed by atoms with Gasteiger partial charge in [-0.1, -0.05) is 61.9 Å². The van der Waals surface area contributed by atoms with Gasteiger partial charge in [-0.2, -0.15) is 0 Å². The molecule has 2 aromatic heterocycles. The molecule has 3 aliphatic carbocycles. The van der Waals surface area contributed by atoms with Gasteiger partial charge in [-0.15, -0.1) is 65.2 Å². The van der Waals surface area contributed by atoms with Gasteiger partial charge in [0.05, 0.1) is 0 Å². The Morgan fingerprint density at radius 1 is 0.683 bits per heavy atom. The van der Waals surface area contributed by atoms with Gasteiger partial charge in [0.2, 0.25) is 0 Å². The van der Waals surface area contributed by atoms with E-state index in [1.807, 2.05) is 54.7 Å². The first kappa shape index (κ1) is 27.8. The molecular formula is C38H34IrN2-2. The van der Waals surface area contributed by atoms with Crippen molar-refractivity contribution in [3.05, 3.63) is 132 Å². The van der Waals surface area contributed by atoms with E-state index in [9.17, 15) is 0 Å². The fourth-order valence-corrected chi connectivity index (χ4v) is 7.75. The van der Waals surface area contributed by atoms with Crippen molar-refractivity contribution in [2.45, 2.75) is 56.8 Å². The van der Waals surface area contributed by atoms with E-state index in [2.05, 4.69) is 78.4 Å². The zero-order valence-electron chi connectivity index (χ0n) is 23.7. The van der Waals surface area contributed by atoms with Crippen LogP contribution in [-0.4, -0.2) is 9.97 Å². The largest absolute Gasteiger partial charge is 0.305 e. The SMILES string of the molecule is CC1(C)c2c(-c3ccccn3)[c-]ccc2-c2cccc(C34CCC(CC3)C4)c21.[Ir].[c-]1ccccc1-c1ccccn1. The standard InChI is InChI=1S/C27H26N.C11H8N.Ir/c1-26(2)24-19(7-5-9-21(24)23-11-3-4-16-28-23)20-8-6-10-22(25(20)26)27-14-12-18(17-27)13-15-27;1-2-6-10(7-3-1)11-8-4-5-9-12-11;/h3-8,10-11,16,18H,12-15,17H2,1-2H3;1-6,8-9H;/q2*-1;. The van der Waals surface area contributed by atoms with Crippen LogP contribution in [0.25, 0.3) is 33.6 Å². The number of fused-ring (bicyclic) bond motifs is 5. The number of rotatable bonds is 3. The molecule has 41 heavy (non-hydrogen) atoms. The molecule has 0 spiro atoms.